The third kappa shape index (κ3) is 5.06. The lowest BCUT2D eigenvalue weighted by Gasteiger charge is -2.23. The van der Waals surface area contributed by atoms with Gasteiger partial charge < -0.3 is 10.4 Å². The highest BCUT2D eigenvalue weighted by Crippen LogP contribution is 2.24. The highest BCUT2D eigenvalue weighted by Gasteiger charge is 2.35. The van der Waals surface area contributed by atoms with E-state index in [-0.39, 0.29) is 30.3 Å². The molecule has 1 fully saturated rings. The second-order valence-electron chi connectivity index (χ2n) is 7.28. The summed E-state index contributed by atoms with van der Waals surface area (Å²) in [6, 6.07) is 9.99. The molecule has 0 saturated carbocycles. The summed E-state index contributed by atoms with van der Waals surface area (Å²) in [5, 5.41) is 12.3. The summed E-state index contributed by atoms with van der Waals surface area (Å²) < 4.78 is 0. The molecule has 5 nitrogen and oxygen atoms in total. The highest BCUT2D eigenvalue weighted by atomic mass is 16.4. The topological polar surface area (TPSA) is 69.6 Å². The molecular weight excluding hydrogens is 304 g/mol. The van der Waals surface area contributed by atoms with Crippen LogP contribution in [0.1, 0.15) is 38.8 Å². The van der Waals surface area contributed by atoms with Crippen molar-refractivity contribution < 1.29 is 14.7 Å². The van der Waals surface area contributed by atoms with Gasteiger partial charge in [0.1, 0.15) is 0 Å². The second kappa shape index (κ2) is 8.29. The molecule has 0 radical (unpaired) electrons. The minimum Gasteiger partial charge on any atom is -0.481 e. The van der Waals surface area contributed by atoms with Gasteiger partial charge >= 0.3 is 5.97 Å². The van der Waals surface area contributed by atoms with E-state index in [4.69, 9.17) is 0 Å². The number of carbonyl (C=O) groups is 2. The Balaban J connectivity index is 1.95. The predicted molar refractivity (Wildman–Crippen MR) is 93.5 cm³/mol. The van der Waals surface area contributed by atoms with E-state index in [1.165, 1.54) is 0 Å². The molecule has 0 aromatic heterocycles. The van der Waals surface area contributed by atoms with Gasteiger partial charge in [-0.05, 0) is 23.8 Å². The van der Waals surface area contributed by atoms with Crippen LogP contribution in [0.15, 0.2) is 30.3 Å². The molecule has 2 N–H and O–H groups in total. The molecule has 1 aromatic rings. The Morgan fingerprint density at radius 3 is 2.46 bits per heavy atom. The first-order valence-corrected chi connectivity index (χ1v) is 8.66. The Morgan fingerprint density at radius 2 is 1.92 bits per heavy atom. The lowest BCUT2D eigenvalue weighted by molar-refractivity contribution is -0.142. The molecule has 1 amide bonds. The van der Waals surface area contributed by atoms with Crippen molar-refractivity contribution in [3.63, 3.8) is 0 Å². The van der Waals surface area contributed by atoms with Gasteiger partial charge in [0.15, 0.2) is 0 Å². The van der Waals surface area contributed by atoms with Crippen molar-refractivity contribution in [3.05, 3.63) is 35.9 Å². The van der Waals surface area contributed by atoms with E-state index in [9.17, 15) is 14.7 Å². The molecule has 5 heteroatoms. The van der Waals surface area contributed by atoms with E-state index in [1.807, 2.05) is 42.2 Å². The van der Waals surface area contributed by atoms with Crippen molar-refractivity contribution in [2.45, 2.75) is 33.2 Å². The van der Waals surface area contributed by atoms with E-state index < -0.39 is 5.97 Å². The first kappa shape index (κ1) is 18.5. The molecule has 2 rings (SSSR count). The molecule has 24 heavy (non-hydrogen) atoms. The van der Waals surface area contributed by atoms with Crippen LogP contribution < -0.4 is 5.32 Å². The summed E-state index contributed by atoms with van der Waals surface area (Å²) in [6.07, 6.45) is 0.879. The third-order valence-corrected chi connectivity index (χ3v) is 4.62. The quantitative estimate of drug-likeness (QED) is 0.805. The van der Waals surface area contributed by atoms with Gasteiger partial charge in [-0.3, -0.25) is 14.5 Å². The molecule has 1 aromatic carbocycles. The van der Waals surface area contributed by atoms with Crippen LogP contribution >= 0.6 is 0 Å². The maximum Gasteiger partial charge on any atom is 0.308 e. The fourth-order valence-corrected chi connectivity index (χ4v) is 3.40. The molecular formula is C19H28N2O3. The number of carboxylic acids is 1. The highest BCUT2D eigenvalue weighted by molar-refractivity contribution is 5.79. The number of rotatable bonds is 7. The molecule has 3 atom stereocenters. The first-order valence-electron chi connectivity index (χ1n) is 8.66. The molecule has 1 unspecified atom stereocenters. The van der Waals surface area contributed by atoms with Crippen molar-refractivity contribution in [3.8, 4) is 0 Å². The SMILES string of the molecule is CC(C)CC(NC(=O)CN1C[C@@H](C)[C@H](C(=O)O)C1)c1ccccc1. The molecule has 1 aliphatic heterocycles. The van der Waals surface area contributed by atoms with E-state index in [0.29, 0.717) is 19.0 Å². The van der Waals surface area contributed by atoms with Crippen molar-refractivity contribution in [2.75, 3.05) is 19.6 Å². The summed E-state index contributed by atoms with van der Waals surface area (Å²) in [4.78, 5) is 25.6. The summed E-state index contributed by atoms with van der Waals surface area (Å²) >= 11 is 0. The number of nitrogens with zero attached hydrogens (tertiary/aromatic N) is 1. The molecule has 1 saturated heterocycles. The summed E-state index contributed by atoms with van der Waals surface area (Å²) in [6.45, 7) is 7.58. The number of carboxylic acid groups (broad SMARTS) is 1. The van der Waals surface area contributed by atoms with Crippen molar-refractivity contribution in [2.24, 2.45) is 17.8 Å². The van der Waals surface area contributed by atoms with Crippen LogP contribution in [0, 0.1) is 17.8 Å². The average Bonchev–Trinajstić information content (AvgIpc) is 2.87. The number of hydrogen-bond acceptors (Lipinski definition) is 3. The van der Waals surface area contributed by atoms with Crippen molar-refractivity contribution in [1.29, 1.82) is 0 Å². The van der Waals surface area contributed by atoms with Crippen LogP contribution in [0.5, 0.6) is 0 Å². The van der Waals surface area contributed by atoms with Gasteiger partial charge in [0, 0.05) is 13.1 Å². The van der Waals surface area contributed by atoms with Crippen LogP contribution in [0.25, 0.3) is 0 Å². The standard InChI is InChI=1S/C19H28N2O3/c1-13(2)9-17(15-7-5-4-6-8-15)20-18(22)12-21-10-14(3)16(11-21)19(23)24/h4-8,13-14,16-17H,9-12H2,1-3H3,(H,20,22)(H,23,24)/t14-,16-,17?/m1/s1. The lowest BCUT2D eigenvalue weighted by atomic mass is 9.97. The largest absolute Gasteiger partial charge is 0.481 e. The normalized spacial score (nSPS) is 22.5. The molecule has 132 valence electrons. The van der Waals surface area contributed by atoms with E-state index in [1.54, 1.807) is 0 Å². The fraction of sp³-hybridized carbons (Fsp3) is 0.579. The lowest BCUT2D eigenvalue weighted by Crippen LogP contribution is -2.38. The van der Waals surface area contributed by atoms with Gasteiger partial charge in [0.2, 0.25) is 5.91 Å². The van der Waals surface area contributed by atoms with Gasteiger partial charge in [-0.1, -0.05) is 51.1 Å². The Hall–Kier alpha value is -1.88. The number of aliphatic carboxylic acids is 1. The van der Waals surface area contributed by atoms with Crippen LogP contribution in [0.3, 0.4) is 0 Å². The zero-order chi connectivity index (χ0) is 17.7. The molecule has 1 aliphatic rings. The minimum absolute atomic E-state index is 0.00556. The number of hydrogen-bond donors (Lipinski definition) is 2. The average molecular weight is 332 g/mol. The van der Waals surface area contributed by atoms with E-state index in [2.05, 4.69) is 19.2 Å². The van der Waals surface area contributed by atoms with E-state index >= 15 is 0 Å². The first-order chi connectivity index (χ1) is 11.4. The fourth-order valence-electron chi connectivity index (χ4n) is 3.40. The van der Waals surface area contributed by atoms with Gasteiger partial charge in [-0.2, -0.15) is 0 Å². The maximum absolute atomic E-state index is 12.4. The number of likely N-dealkylation sites (tertiary alicyclic amines) is 1. The molecule has 0 aliphatic carbocycles. The van der Waals surface area contributed by atoms with Gasteiger partial charge in [-0.15, -0.1) is 0 Å². The molecule has 0 spiro atoms. The number of amides is 1. The second-order valence-corrected chi connectivity index (χ2v) is 7.28. The summed E-state index contributed by atoms with van der Waals surface area (Å²) in [5.41, 5.74) is 1.11. The number of carbonyl (C=O) groups excluding carboxylic acids is 1. The maximum atomic E-state index is 12.4. The summed E-state index contributed by atoms with van der Waals surface area (Å²) in [7, 11) is 0. The van der Waals surface area contributed by atoms with Gasteiger partial charge in [-0.25, -0.2) is 0 Å². The van der Waals surface area contributed by atoms with E-state index in [0.717, 1.165) is 12.0 Å². The molecule has 1 heterocycles. The van der Waals surface area contributed by atoms with Crippen molar-refractivity contribution >= 4 is 11.9 Å². The monoisotopic (exact) mass is 332 g/mol. The van der Waals surface area contributed by atoms with Crippen LogP contribution in [-0.4, -0.2) is 41.5 Å². The number of nitrogens with one attached hydrogen (secondary N) is 1. The number of benzene rings is 1. The predicted octanol–water partition coefficient (Wildman–Crippen LogP) is 2.54. The minimum atomic E-state index is -0.771. The third-order valence-electron chi connectivity index (χ3n) is 4.62. The zero-order valence-corrected chi connectivity index (χ0v) is 14.7. The Kier molecular flexibility index (Phi) is 6.37. The van der Waals surface area contributed by atoms with Gasteiger partial charge in [0.05, 0.1) is 18.5 Å². The Bertz CT molecular complexity index is 559. The van der Waals surface area contributed by atoms with Crippen molar-refractivity contribution in [1.82, 2.24) is 10.2 Å². The van der Waals surface area contributed by atoms with Gasteiger partial charge in [0.25, 0.3) is 0 Å². The summed E-state index contributed by atoms with van der Waals surface area (Å²) in [5.74, 6) is -0.636. The smallest absolute Gasteiger partial charge is 0.308 e. The van der Waals surface area contributed by atoms with Crippen LogP contribution in [-0.2, 0) is 9.59 Å². The van der Waals surface area contributed by atoms with Crippen LogP contribution in [0.2, 0.25) is 0 Å². The zero-order valence-electron chi connectivity index (χ0n) is 14.7. The Morgan fingerprint density at radius 1 is 1.25 bits per heavy atom. The Labute approximate surface area is 144 Å². The van der Waals surface area contributed by atoms with Crippen LogP contribution in [0.4, 0.5) is 0 Å². The molecule has 0 bridgehead atoms.